The van der Waals surface area contributed by atoms with E-state index in [1.807, 2.05) is 20.8 Å². The van der Waals surface area contributed by atoms with Gasteiger partial charge in [0.05, 0.1) is 13.3 Å². The van der Waals surface area contributed by atoms with Crippen LogP contribution in [0.4, 0.5) is 0 Å². The number of carbonyl (C=O) groups is 1. The number of carboxylic acid groups (broad SMARTS) is 1. The Bertz CT molecular complexity index is 590. The number of aromatic nitrogens is 1. The van der Waals surface area contributed by atoms with Crippen LogP contribution in [0.25, 0.3) is 0 Å². The zero-order chi connectivity index (χ0) is 16.3. The molecule has 0 bridgehead atoms. The van der Waals surface area contributed by atoms with Crippen molar-refractivity contribution < 1.29 is 23.1 Å². The van der Waals surface area contributed by atoms with Crippen LogP contribution in [0.15, 0.2) is 23.2 Å². The van der Waals surface area contributed by atoms with Crippen molar-refractivity contribution in [3.63, 3.8) is 0 Å². The second-order valence-electron chi connectivity index (χ2n) is 5.76. The predicted molar refractivity (Wildman–Crippen MR) is 76.6 cm³/mol. The summed E-state index contributed by atoms with van der Waals surface area (Å²) in [6.07, 6.45) is 1.16. The number of ether oxygens (including phenoxy) is 1. The standard InChI is InChI=1S/C13H20N2O5S/c1-13(2,3)9-15(8-12(16)17)21(18,19)10-5-6-11(20-4)14-7-10/h5-7H,8-9H2,1-4H3,(H,16,17). The van der Waals surface area contributed by atoms with Crippen LogP contribution in [0.5, 0.6) is 5.88 Å². The molecular weight excluding hydrogens is 296 g/mol. The number of sulfonamides is 1. The molecule has 0 aromatic carbocycles. The van der Waals surface area contributed by atoms with E-state index in [0.29, 0.717) is 0 Å². The first-order valence-electron chi connectivity index (χ1n) is 6.28. The number of nitrogens with zero attached hydrogens (tertiary/aromatic N) is 2. The molecule has 0 saturated heterocycles. The lowest BCUT2D eigenvalue weighted by atomic mass is 9.97. The minimum atomic E-state index is -3.92. The second-order valence-corrected chi connectivity index (χ2v) is 7.70. The molecule has 1 aromatic heterocycles. The number of rotatable bonds is 6. The fourth-order valence-electron chi connectivity index (χ4n) is 1.69. The van der Waals surface area contributed by atoms with Crippen LogP contribution in [-0.4, -0.2) is 49.0 Å². The molecule has 8 heteroatoms. The third-order valence-electron chi connectivity index (χ3n) is 2.52. The molecule has 0 atom stereocenters. The van der Waals surface area contributed by atoms with Gasteiger partial charge < -0.3 is 9.84 Å². The molecular formula is C13H20N2O5S. The minimum Gasteiger partial charge on any atom is -0.481 e. The van der Waals surface area contributed by atoms with Gasteiger partial charge in [-0.15, -0.1) is 0 Å². The van der Waals surface area contributed by atoms with Crippen LogP contribution in [0.2, 0.25) is 0 Å². The SMILES string of the molecule is COc1ccc(S(=O)(=O)N(CC(=O)O)CC(C)(C)C)cn1. The van der Waals surface area contributed by atoms with Crippen molar-refractivity contribution in [3.05, 3.63) is 18.3 Å². The largest absolute Gasteiger partial charge is 0.481 e. The molecule has 1 aromatic rings. The Morgan fingerprint density at radius 1 is 1.38 bits per heavy atom. The van der Waals surface area contributed by atoms with Crippen LogP contribution in [0.3, 0.4) is 0 Å². The van der Waals surface area contributed by atoms with Crippen molar-refractivity contribution in [2.75, 3.05) is 20.2 Å². The first-order valence-corrected chi connectivity index (χ1v) is 7.72. The Labute approximate surface area is 124 Å². The Morgan fingerprint density at radius 3 is 2.38 bits per heavy atom. The van der Waals surface area contributed by atoms with E-state index in [0.717, 1.165) is 10.5 Å². The quantitative estimate of drug-likeness (QED) is 0.847. The highest BCUT2D eigenvalue weighted by Crippen LogP contribution is 2.22. The molecule has 7 nitrogen and oxygen atoms in total. The topological polar surface area (TPSA) is 96.8 Å². The van der Waals surface area contributed by atoms with Gasteiger partial charge in [-0.25, -0.2) is 13.4 Å². The molecule has 118 valence electrons. The van der Waals surface area contributed by atoms with Gasteiger partial charge in [0, 0.05) is 12.6 Å². The molecule has 0 spiro atoms. The van der Waals surface area contributed by atoms with Gasteiger partial charge in [0.15, 0.2) is 0 Å². The molecule has 1 N–H and O–H groups in total. The molecule has 0 unspecified atom stereocenters. The second kappa shape index (κ2) is 6.40. The lowest BCUT2D eigenvalue weighted by Crippen LogP contribution is -2.41. The van der Waals surface area contributed by atoms with E-state index in [-0.39, 0.29) is 22.7 Å². The predicted octanol–water partition coefficient (Wildman–Crippen LogP) is 1.21. The van der Waals surface area contributed by atoms with Crippen LogP contribution in [-0.2, 0) is 14.8 Å². The van der Waals surface area contributed by atoms with Gasteiger partial charge in [0.2, 0.25) is 15.9 Å². The van der Waals surface area contributed by atoms with Crippen molar-refractivity contribution in [3.8, 4) is 5.88 Å². The monoisotopic (exact) mass is 316 g/mol. The summed E-state index contributed by atoms with van der Waals surface area (Å²) in [4.78, 5) is 14.7. The van der Waals surface area contributed by atoms with Gasteiger partial charge in [0.1, 0.15) is 11.4 Å². The van der Waals surface area contributed by atoms with Crippen molar-refractivity contribution in [2.45, 2.75) is 25.7 Å². The van der Waals surface area contributed by atoms with E-state index in [2.05, 4.69) is 4.98 Å². The van der Waals surface area contributed by atoms with Crippen LogP contribution in [0, 0.1) is 5.41 Å². The van der Waals surface area contributed by atoms with Gasteiger partial charge in [-0.1, -0.05) is 20.8 Å². The Hall–Kier alpha value is -1.67. The summed E-state index contributed by atoms with van der Waals surface area (Å²) in [5, 5.41) is 8.93. The third-order valence-corrected chi connectivity index (χ3v) is 4.29. The number of hydrogen-bond acceptors (Lipinski definition) is 5. The zero-order valence-corrected chi connectivity index (χ0v) is 13.3. The molecule has 0 aliphatic rings. The average Bonchev–Trinajstić information content (AvgIpc) is 2.36. The summed E-state index contributed by atoms with van der Waals surface area (Å²) < 4.78 is 30.9. The van der Waals surface area contributed by atoms with Gasteiger partial charge in [0.25, 0.3) is 0 Å². The first kappa shape index (κ1) is 17.4. The molecule has 0 radical (unpaired) electrons. The van der Waals surface area contributed by atoms with Crippen LogP contribution < -0.4 is 4.74 Å². The van der Waals surface area contributed by atoms with Gasteiger partial charge in [-0.05, 0) is 11.5 Å². The molecule has 0 aliphatic heterocycles. The summed E-state index contributed by atoms with van der Waals surface area (Å²) in [6.45, 7) is 5.01. The fourth-order valence-corrected chi connectivity index (χ4v) is 3.26. The van der Waals surface area contributed by atoms with E-state index in [1.54, 1.807) is 0 Å². The van der Waals surface area contributed by atoms with Gasteiger partial charge in [-0.3, -0.25) is 4.79 Å². The Kier molecular flexibility index (Phi) is 5.30. The van der Waals surface area contributed by atoms with Crippen molar-refractivity contribution >= 4 is 16.0 Å². The zero-order valence-electron chi connectivity index (χ0n) is 12.5. The maximum atomic E-state index is 12.5. The van der Waals surface area contributed by atoms with E-state index in [1.165, 1.54) is 19.2 Å². The average molecular weight is 316 g/mol. The maximum Gasteiger partial charge on any atom is 0.318 e. The van der Waals surface area contributed by atoms with Gasteiger partial charge in [-0.2, -0.15) is 4.31 Å². The third kappa shape index (κ3) is 4.98. The van der Waals surface area contributed by atoms with E-state index < -0.39 is 22.5 Å². The number of hydrogen-bond donors (Lipinski definition) is 1. The lowest BCUT2D eigenvalue weighted by Gasteiger charge is -2.28. The molecule has 21 heavy (non-hydrogen) atoms. The minimum absolute atomic E-state index is 0.0613. The fraction of sp³-hybridized carbons (Fsp3) is 0.538. The number of aliphatic carboxylic acids is 1. The first-order chi connectivity index (χ1) is 9.56. The highest BCUT2D eigenvalue weighted by molar-refractivity contribution is 7.89. The van der Waals surface area contributed by atoms with Crippen LogP contribution in [0.1, 0.15) is 20.8 Å². The molecule has 0 aliphatic carbocycles. The number of carboxylic acids is 1. The number of pyridine rings is 1. The summed E-state index contributed by atoms with van der Waals surface area (Å²) in [5.41, 5.74) is -0.373. The maximum absolute atomic E-state index is 12.5. The van der Waals surface area contributed by atoms with Gasteiger partial charge >= 0.3 is 5.97 Å². The highest BCUT2D eigenvalue weighted by atomic mass is 32.2. The lowest BCUT2D eigenvalue weighted by molar-refractivity contribution is -0.137. The van der Waals surface area contributed by atoms with E-state index in [9.17, 15) is 13.2 Å². The van der Waals surface area contributed by atoms with E-state index in [4.69, 9.17) is 9.84 Å². The smallest absolute Gasteiger partial charge is 0.318 e. The molecule has 0 saturated carbocycles. The molecule has 1 heterocycles. The summed E-state index contributed by atoms with van der Waals surface area (Å²) >= 11 is 0. The number of methoxy groups -OCH3 is 1. The highest BCUT2D eigenvalue weighted by Gasteiger charge is 2.30. The Balaban J connectivity index is 3.15. The normalized spacial score (nSPS) is 12.4. The molecule has 0 fully saturated rings. The molecule has 0 amide bonds. The van der Waals surface area contributed by atoms with Crippen molar-refractivity contribution in [2.24, 2.45) is 5.41 Å². The molecule has 1 rings (SSSR count). The van der Waals surface area contributed by atoms with Crippen LogP contribution >= 0.6 is 0 Å². The van der Waals surface area contributed by atoms with Crippen molar-refractivity contribution in [1.82, 2.24) is 9.29 Å². The summed E-state index contributed by atoms with van der Waals surface area (Å²) in [7, 11) is -2.50. The summed E-state index contributed by atoms with van der Waals surface area (Å²) in [6, 6.07) is 2.77. The Morgan fingerprint density at radius 2 is 2.00 bits per heavy atom. The van der Waals surface area contributed by atoms with E-state index >= 15 is 0 Å². The van der Waals surface area contributed by atoms with Crippen molar-refractivity contribution in [1.29, 1.82) is 0 Å². The summed E-state index contributed by atoms with van der Waals surface area (Å²) in [5.74, 6) is -0.918.